The number of fused-ring (bicyclic) bond motifs is 3. The lowest BCUT2D eigenvalue weighted by molar-refractivity contribution is -0.111. The highest BCUT2D eigenvalue weighted by molar-refractivity contribution is 5.50. The maximum Gasteiger partial charge on any atom is 0.161 e. The van der Waals surface area contributed by atoms with E-state index in [9.17, 15) is 5.26 Å². The number of hydroxylamine groups is 2. The lowest BCUT2D eigenvalue weighted by Gasteiger charge is -2.30. The maximum atomic E-state index is 9.35. The van der Waals surface area contributed by atoms with Crippen LogP contribution in [0.25, 0.3) is 0 Å². The number of methoxy groups -OCH3 is 2. The molecule has 5 nitrogen and oxygen atoms in total. The fraction of sp³-hybridized carbons (Fsp3) is 0.400. The van der Waals surface area contributed by atoms with Crippen molar-refractivity contribution in [3.8, 4) is 17.6 Å². The molecule has 0 spiro atoms. The SMILES string of the molecule is C=C1ON2CCc3cc(OC)c(OC)cc3C2C1C#N. The number of benzene rings is 1. The van der Waals surface area contributed by atoms with E-state index in [4.69, 9.17) is 14.3 Å². The molecule has 2 heterocycles. The average Bonchev–Trinajstić information content (AvgIpc) is 2.81. The first-order valence-electron chi connectivity index (χ1n) is 6.47. The topological polar surface area (TPSA) is 54.7 Å². The van der Waals surface area contributed by atoms with Gasteiger partial charge in [0.15, 0.2) is 11.5 Å². The quantitative estimate of drug-likeness (QED) is 0.826. The first-order valence-corrected chi connectivity index (χ1v) is 6.47. The third kappa shape index (κ3) is 1.73. The van der Waals surface area contributed by atoms with Crippen molar-refractivity contribution in [3.05, 3.63) is 35.6 Å². The molecule has 0 N–H and O–H groups in total. The van der Waals surface area contributed by atoms with Crippen LogP contribution in [0, 0.1) is 17.2 Å². The molecule has 0 amide bonds. The molecule has 3 rings (SSSR count). The van der Waals surface area contributed by atoms with Gasteiger partial charge in [-0.2, -0.15) is 5.26 Å². The second kappa shape index (κ2) is 4.73. The van der Waals surface area contributed by atoms with E-state index in [1.807, 2.05) is 17.2 Å². The van der Waals surface area contributed by atoms with Gasteiger partial charge in [-0.25, -0.2) is 0 Å². The van der Waals surface area contributed by atoms with E-state index in [0.29, 0.717) is 17.3 Å². The van der Waals surface area contributed by atoms with Gasteiger partial charge in [0.2, 0.25) is 0 Å². The molecule has 104 valence electrons. The Morgan fingerprint density at radius 3 is 2.70 bits per heavy atom. The number of nitrogens with zero attached hydrogens (tertiary/aromatic N) is 2. The molecule has 0 saturated carbocycles. The summed E-state index contributed by atoms with van der Waals surface area (Å²) in [6.07, 6.45) is 0.845. The third-order valence-electron chi connectivity index (χ3n) is 3.91. The lowest BCUT2D eigenvalue weighted by Crippen LogP contribution is -2.31. The van der Waals surface area contributed by atoms with E-state index in [-0.39, 0.29) is 12.0 Å². The fourth-order valence-electron chi connectivity index (χ4n) is 2.93. The van der Waals surface area contributed by atoms with E-state index >= 15 is 0 Å². The molecule has 0 aliphatic carbocycles. The van der Waals surface area contributed by atoms with Gasteiger partial charge in [0.25, 0.3) is 0 Å². The molecule has 0 radical (unpaired) electrons. The zero-order valence-corrected chi connectivity index (χ0v) is 11.5. The van der Waals surface area contributed by atoms with Crippen molar-refractivity contribution in [1.82, 2.24) is 5.06 Å². The zero-order valence-electron chi connectivity index (χ0n) is 11.5. The van der Waals surface area contributed by atoms with E-state index in [1.165, 1.54) is 5.56 Å². The van der Waals surface area contributed by atoms with Gasteiger partial charge >= 0.3 is 0 Å². The molecule has 0 bridgehead atoms. The van der Waals surface area contributed by atoms with Crippen LogP contribution in [0.1, 0.15) is 17.2 Å². The van der Waals surface area contributed by atoms with Gasteiger partial charge in [-0.05, 0) is 29.7 Å². The lowest BCUT2D eigenvalue weighted by atomic mass is 9.86. The Kier molecular flexibility index (Phi) is 3.03. The number of hydrogen-bond acceptors (Lipinski definition) is 5. The van der Waals surface area contributed by atoms with Crippen molar-refractivity contribution in [1.29, 1.82) is 5.26 Å². The molecule has 2 aliphatic heterocycles. The number of rotatable bonds is 2. The van der Waals surface area contributed by atoms with E-state index in [0.717, 1.165) is 18.5 Å². The summed E-state index contributed by atoms with van der Waals surface area (Å²) >= 11 is 0. The molecule has 1 fully saturated rings. The van der Waals surface area contributed by atoms with E-state index < -0.39 is 0 Å². The summed E-state index contributed by atoms with van der Waals surface area (Å²) < 4.78 is 10.7. The van der Waals surface area contributed by atoms with Gasteiger partial charge in [0.1, 0.15) is 11.7 Å². The molecule has 1 aromatic rings. The summed E-state index contributed by atoms with van der Waals surface area (Å²) in [5.74, 6) is 1.54. The summed E-state index contributed by atoms with van der Waals surface area (Å²) in [5, 5.41) is 11.2. The molecule has 2 unspecified atom stereocenters. The summed E-state index contributed by atoms with van der Waals surface area (Å²) in [6.45, 7) is 4.58. The maximum absolute atomic E-state index is 9.35. The molecular formula is C15H16N2O3. The first kappa shape index (κ1) is 12.8. The molecule has 0 aromatic heterocycles. The van der Waals surface area contributed by atoms with Gasteiger partial charge in [0.05, 0.1) is 26.3 Å². The smallest absolute Gasteiger partial charge is 0.161 e. The highest BCUT2D eigenvalue weighted by atomic mass is 16.7. The number of ether oxygens (including phenoxy) is 2. The minimum absolute atomic E-state index is 0.115. The van der Waals surface area contributed by atoms with Crippen LogP contribution in [0.4, 0.5) is 0 Å². The number of nitriles is 1. The predicted octanol–water partition coefficient (Wildman–Crippen LogP) is 2.20. The highest BCUT2D eigenvalue weighted by Crippen LogP contribution is 2.46. The minimum atomic E-state index is -0.354. The Balaban J connectivity index is 2.11. The van der Waals surface area contributed by atoms with Gasteiger partial charge in [-0.15, -0.1) is 5.06 Å². The monoisotopic (exact) mass is 272 g/mol. The Morgan fingerprint density at radius 2 is 2.05 bits per heavy atom. The Hall–Kier alpha value is -2.19. The second-order valence-corrected chi connectivity index (χ2v) is 4.91. The summed E-state index contributed by atoms with van der Waals surface area (Å²) in [4.78, 5) is 5.60. The fourth-order valence-corrected chi connectivity index (χ4v) is 2.93. The largest absolute Gasteiger partial charge is 0.493 e. The Morgan fingerprint density at radius 1 is 1.35 bits per heavy atom. The average molecular weight is 272 g/mol. The Bertz CT molecular complexity index is 606. The Labute approximate surface area is 117 Å². The van der Waals surface area contributed by atoms with Crippen LogP contribution in [0.15, 0.2) is 24.5 Å². The summed E-state index contributed by atoms with van der Waals surface area (Å²) in [5.41, 5.74) is 2.22. The third-order valence-corrected chi connectivity index (χ3v) is 3.91. The summed E-state index contributed by atoms with van der Waals surface area (Å²) in [6, 6.07) is 6.10. The van der Waals surface area contributed by atoms with Crippen LogP contribution in [-0.2, 0) is 11.3 Å². The molecule has 1 saturated heterocycles. The van der Waals surface area contributed by atoms with Crippen LogP contribution in [0.2, 0.25) is 0 Å². The van der Waals surface area contributed by atoms with Crippen LogP contribution in [0.5, 0.6) is 11.5 Å². The second-order valence-electron chi connectivity index (χ2n) is 4.91. The molecule has 5 heteroatoms. The predicted molar refractivity (Wildman–Crippen MR) is 72.0 cm³/mol. The first-order chi connectivity index (χ1) is 9.69. The van der Waals surface area contributed by atoms with Crippen LogP contribution < -0.4 is 9.47 Å². The number of hydrogen-bond donors (Lipinski definition) is 0. The van der Waals surface area contributed by atoms with Crippen molar-refractivity contribution in [3.63, 3.8) is 0 Å². The molecule has 2 atom stereocenters. The van der Waals surface area contributed by atoms with Crippen LogP contribution in [0.3, 0.4) is 0 Å². The van der Waals surface area contributed by atoms with E-state index in [2.05, 4.69) is 12.6 Å². The van der Waals surface area contributed by atoms with Gasteiger partial charge in [0, 0.05) is 6.54 Å². The van der Waals surface area contributed by atoms with Crippen LogP contribution >= 0.6 is 0 Å². The van der Waals surface area contributed by atoms with Gasteiger partial charge in [-0.1, -0.05) is 6.58 Å². The highest BCUT2D eigenvalue weighted by Gasteiger charge is 2.44. The van der Waals surface area contributed by atoms with Gasteiger partial charge < -0.3 is 14.3 Å². The normalized spacial score (nSPS) is 24.4. The van der Waals surface area contributed by atoms with Crippen molar-refractivity contribution < 1.29 is 14.3 Å². The minimum Gasteiger partial charge on any atom is -0.493 e. The van der Waals surface area contributed by atoms with Crippen molar-refractivity contribution in [2.24, 2.45) is 5.92 Å². The molecule has 1 aromatic carbocycles. The van der Waals surface area contributed by atoms with Crippen LogP contribution in [-0.4, -0.2) is 25.8 Å². The molecule has 2 aliphatic rings. The summed E-state index contributed by atoms with van der Waals surface area (Å²) in [7, 11) is 3.23. The van der Waals surface area contributed by atoms with E-state index in [1.54, 1.807) is 14.2 Å². The van der Waals surface area contributed by atoms with Gasteiger partial charge in [-0.3, -0.25) is 0 Å². The van der Waals surface area contributed by atoms with Crippen molar-refractivity contribution >= 4 is 0 Å². The molecular weight excluding hydrogens is 256 g/mol. The zero-order chi connectivity index (χ0) is 14.3. The standard InChI is InChI=1S/C15H16N2O3/c1-9-12(8-16)15-11-7-14(19-3)13(18-2)6-10(11)4-5-17(15)20-9/h6-7,12,15H,1,4-5H2,2-3H3. The van der Waals surface area contributed by atoms with Crippen molar-refractivity contribution in [2.75, 3.05) is 20.8 Å². The van der Waals surface area contributed by atoms with Crippen molar-refractivity contribution in [2.45, 2.75) is 12.5 Å². The molecule has 20 heavy (non-hydrogen) atoms.